The van der Waals surface area contributed by atoms with Crippen molar-refractivity contribution in [2.45, 2.75) is 12.3 Å². The van der Waals surface area contributed by atoms with Crippen molar-refractivity contribution in [1.82, 2.24) is 0 Å². The lowest BCUT2D eigenvalue weighted by Gasteiger charge is -2.08. The Morgan fingerprint density at radius 2 is 2.00 bits per heavy atom. The quantitative estimate of drug-likeness (QED) is 0.579. The Bertz CT molecular complexity index is 242. The van der Waals surface area contributed by atoms with E-state index in [1.807, 2.05) is 0 Å². The minimum atomic E-state index is 0.372. The van der Waals surface area contributed by atoms with Gasteiger partial charge in [0.25, 0.3) is 0 Å². The van der Waals surface area contributed by atoms with Crippen LogP contribution in [0.5, 0.6) is 0 Å². The molecule has 0 bridgehead atoms. The van der Waals surface area contributed by atoms with Crippen molar-refractivity contribution in [3.8, 4) is 0 Å². The molecule has 2 atom stereocenters. The van der Waals surface area contributed by atoms with Gasteiger partial charge < -0.3 is 0 Å². The van der Waals surface area contributed by atoms with Gasteiger partial charge >= 0.3 is 0 Å². The van der Waals surface area contributed by atoms with Gasteiger partial charge in [-0.2, -0.15) is 0 Å². The molecule has 1 aliphatic rings. The second kappa shape index (κ2) is 3.58. The summed E-state index contributed by atoms with van der Waals surface area (Å²) in [5, 5.41) is 0. The van der Waals surface area contributed by atoms with E-state index in [1.54, 1.807) is 5.56 Å². The van der Waals surface area contributed by atoms with E-state index in [4.69, 9.17) is 0 Å². The minimum absolute atomic E-state index is 0.372. The molecule has 0 N–H and O–H groups in total. The van der Waals surface area contributed by atoms with Gasteiger partial charge in [0.1, 0.15) is 0 Å². The summed E-state index contributed by atoms with van der Waals surface area (Å²) < 4.78 is 0. The van der Waals surface area contributed by atoms with Gasteiger partial charge in [-0.1, -0.05) is 30.3 Å². The molecule has 64 valence electrons. The molecule has 0 amide bonds. The van der Waals surface area contributed by atoms with Crippen LogP contribution in [-0.2, 0) is 0 Å². The van der Waals surface area contributed by atoms with Crippen LogP contribution < -0.4 is 0 Å². The molecule has 0 aromatic heterocycles. The van der Waals surface area contributed by atoms with Crippen molar-refractivity contribution in [1.29, 1.82) is 0 Å². The zero-order valence-electron chi connectivity index (χ0n) is 7.53. The van der Waals surface area contributed by atoms with E-state index in [0.717, 1.165) is 5.92 Å². The summed E-state index contributed by atoms with van der Waals surface area (Å²) in [4.78, 5) is 0. The second-order valence-corrected chi connectivity index (χ2v) is 6.18. The van der Waals surface area contributed by atoms with E-state index in [1.165, 1.54) is 18.7 Å². The third kappa shape index (κ3) is 1.69. The molecule has 2 rings (SSSR count). The Hall–Kier alpha value is -0.350. The smallest absolute Gasteiger partial charge is 0.0119 e. The van der Waals surface area contributed by atoms with Crippen molar-refractivity contribution in [2.24, 2.45) is 0 Å². The van der Waals surface area contributed by atoms with E-state index >= 15 is 0 Å². The van der Waals surface area contributed by atoms with E-state index in [2.05, 4.69) is 37.0 Å². The molecule has 1 aromatic rings. The summed E-state index contributed by atoms with van der Waals surface area (Å²) in [6.07, 6.45) is 4.36. The maximum atomic E-state index is 2.43. The lowest BCUT2D eigenvalue weighted by atomic mass is 9.99. The van der Waals surface area contributed by atoms with Gasteiger partial charge in [-0.25, -0.2) is 0 Å². The van der Waals surface area contributed by atoms with Gasteiger partial charge in [-0.05, 0) is 36.9 Å². The SMILES string of the molecule is CP1CCC(c2ccccc2)C1. The normalized spacial score (nSPS) is 29.1. The molecule has 1 heterocycles. The van der Waals surface area contributed by atoms with Crippen molar-refractivity contribution >= 4 is 7.92 Å². The summed E-state index contributed by atoms with van der Waals surface area (Å²) in [7, 11) is 0.372. The van der Waals surface area contributed by atoms with Gasteiger partial charge in [0.05, 0.1) is 0 Å². The summed E-state index contributed by atoms with van der Waals surface area (Å²) in [6, 6.07) is 11.0. The van der Waals surface area contributed by atoms with Crippen molar-refractivity contribution in [3.05, 3.63) is 35.9 Å². The highest BCUT2D eigenvalue weighted by Gasteiger charge is 2.21. The van der Waals surface area contributed by atoms with Crippen LogP contribution in [0.15, 0.2) is 30.3 Å². The zero-order valence-corrected chi connectivity index (χ0v) is 8.43. The van der Waals surface area contributed by atoms with E-state index in [0.29, 0.717) is 7.92 Å². The Balaban J connectivity index is 2.11. The standard InChI is InChI=1S/C11H15P/c1-12-8-7-11(9-12)10-5-3-2-4-6-10/h2-6,11H,7-9H2,1H3. The summed E-state index contributed by atoms with van der Waals surface area (Å²) in [5.74, 6) is 0.877. The lowest BCUT2D eigenvalue weighted by molar-refractivity contribution is 0.782. The van der Waals surface area contributed by atoms with Crippen molar-refractivity contribution in [2.75, 3.05) is 19.0 Å². The highest BCUT2D eigenvalue weighted by Crippen LogP contribution is 2.46. The van der Waals surface area contributed by atoms with Crippen LogP contribution in [0.25, 0.3) is 0 Å². The average molecular weight is 178 g/mol. The second-order valence-electron chi connectivity index (χ2n) is 3.66. The molecule has 0 radical (unpaired) electrons. The Morgan fingerprint density at radius 3 is 2.58 bits per heavy atom. The summed E-state index contributed by atoms with van der Waals surface area (Å²) in [6.45, 7) is 2.43. The topological polar surface area (TPSA) is 0 Å². The van der Waals surface area contributed by atoms with E-state index in [9.17, 15) is 0 Å². The molecule has 1 heteroatoms. The van der Waals surface area contributed by atoms with Crippen LogP contribution in [0, 0.1) is 0 Å². The van der Waals surface area contributed by atoms with Crippen LogP contribution in [0.2, 0.25) is 0 Å². The highest BCUT2D eigenvalue weighted by molar-refractivity contribution is 7.57. The maximum absolute atomic E-state index is 2.43. The molecular weight excluding hydrogens is 163 g/mol. The zero-order chi connectivity index (χ0) is 8.39. The molecule has 0 nitrogen and oxygen atoms in total. The molecule has 12 heavy (non-hydrogen) atoms. The van der Waals surface area contributed by atoms with Gasteiger partial charge in [-0.3, -0.25) is 0 Å². The number of hydrogen-bond donors (Lipinski definition) is 0. The van der Waals surface area contributed by atoms with Crippen LogP contribution >= 0.6 is 7.92 Å². The minimum Gasteiger partial charge on any atom is -0.109 e. The van der Waals surface area contributed by atoms with Gasteiger partial charge in [0.2, 0.25) is 0 Å². The third-order valence-corrected chi connectivity index (χ3v) is 4.75. The molecule has 0 saturated carbocycles. The fraction of sp³-hybridized carbons (Fsp3) is 0.455. The number of benzene rings is 1. The molecule has 0 aliphatic carbocycles. The van der Waals surface area contributed by atoms with E-state index < -0.39 is 0 Å². The Labute approximate surface area is 75.7 Å². The largest absolute Gasteiger partial charge is 0.109 e. The van der Waals surface area contributed by atoms with Gasteiger partial charge in [0, 0.05) is 0 Å². The fourth-order valence-corrected chi connectivity index (χ4v) is 4.01. The van der Waals surface area contributed by atoms with Gasteiger partial charge in [0.15, 0.2) is 0 Å². The average Bonchev–Trinajstić information content (AvgIpc) is 2.54. The Kier molecular flexibility index (Phi) is 2.46. The van der Waals surface area contributed by atoms with Crippen molar-refractivity contribution in [3.63, 3.8) is 0 Å². The van der Waals surface area contributed by atoms with Gasteiger partial charge in [-0.15, -0.1) is 7.92 Å². The maximum Gasteiger partial charge on any atom is -0.0119 e. The first-order valence-corrected chi connectivity index (χ1v) is 6.75. The van der Waals surface area contributed by atoms with Crippen molar-refractivity contribution < 1.29 is 0 Å². The van der Waals surface area contributed by atoms with Crippen LogP contribution in [-0.4, -0.2) is 19.0 Å². The molecule has 2 unspecified atom stereocenters. The van der Waals surface area contributed by atoms with Crippen LogP contribution in [0.3, 0.4) is 0 Å². The monoisotopic (exact) mass is 178 g/mol. The molecule has 1 fully saturated rings. The predicted molar refractivity (Wildman–Crippen MR) is 56.4 cm³/mol. The van der Waals surface area contributed by atoms with Crippen LogP contribution in [0.4, 0.5) is 0 Å². The molecular formula is C11H15P. The molecule has 1 aliphatic heterocycles. The Morgan fingerprint density at radius 1 is 1.25 bits per heavy atom. The summed E-state index contributed by atoms with van der Waals surface area (Å²) >= 11 is 0. The first-order valence-electron chi connectivity index (χ1n) is 4.60. The number of hydrogen-bond acceptors (Lipinski definition) is 0. The first-order chi connectivity index (χ1) is 5.86. The molecule has 0 spiro atoms. The highest BCUT2D eigenvalue weighted by atomic mass is 31.1. The molecule has 1 saturated heterocycles. The van der Waals surface area contributed by atoms with E-state index in [-0.39, 0.29) is 0 Å². The lowest BCUT2D eigenvalue weighted by Crippen LogP contribution is -1.94. The molecule has 1 aromatic carbocycles. The predicted octanol–water partition coefficient (Wildman–Crippen LogP) is 3.29. The first kappa shape index (κ1) is 8.26. The van der Waals surface area contributed by atoms with Crippen LogP contribution in [0.1, 0.15) is 17.9 Å². The number of rotatable bonds is 1. The fourth-order valence-electron chi connectivity index (χ4n) is 1.93. The third-order valence-electron chi connectivity index (χ3n) is 2.66. The summed E-state index contributed by atoms with van der Waals surface area (Å²) in [5.41, 5.74) is 1.56.